The number of amides is 1. The van der Waals surface area contributed by atoms with Crippen molar-refractivity contribution < 1.29 is 32.9 Å². The molecule has 0 bridgehead atoms. The average Bonchev–Trinajstić information content (AvgIpc) is 3.15. The molecule has 9 heteroatoms. The number of aliphatic hydroxyl groups excluding tert-OH is 1. The predicted molar refractivity (Wildman–Crippen MR) is 237 cm³/mol. The molecule has 1 amide bonds. The molecule has 0 rings (SSSR count). The smallest absolute Gasteiger partial charge is 0.268 e. The fraction of sp³-hybridized carbons (Fsp3) is 0.638. The molecule has 3 atom stereocenters. The van der Waals surface area contributed by atoms with E-state index in [2.05, 4.69) is 104 Å². The molecule has 0 heterocycles. The minimum absolute atomic E-state index is 0.0208. The predicted octanol–water partition coefficient (Wildman–Crippen LogP) is 11.3. The number of quaternary nitrogens is 1. The molecule has 0 aromatic rings. The van der Waals surface area contributed by atoms with Gasteiger partial charge in [-0.1, -0.05) is 150 Å². The first-order valence-corrected chi connectivity index (χ1v) is 23.1. The number of nitrogens with zero attached hydrogens (tertiary/aromatic N) is 1. The number of hydrogen-bond acceptors (Lipinski definition) is 6. The highest BCUT2D eigenvalue weighted by atomic mass is 31.2. The molecule has 0 fully saturated rings. The van der Waals surface area contributed by atoms with Gasteiger partial charge in [0.05, 0.1) is 39.9 Å². The van der Waals surface area contributed by atoms with Crippen molar-refractivity contribution in [3.63, 3.8) is 0 Å². The monoisotopic (exact) mass is 801 g/mol. The molecule has 0 aliphatic heterocycles. The number of hydrogen-bond donors (Lipinski definition) is 2. The lowest BCUT2D eigenvalue weighted by Crippen LogP contribution is -2.45. The van der Waals surface area contributed by atoms with E-state index in [1.54, 1.807) is 6.08 Å². The Hall–Kier alpha value is -2.58. The molecule has 8 nitrogen and oxygen atoms in total. The van der Waals surface area contributed by atoms with Crippen LogP contribution >= 0.6 is 7.82 Å². The number of aliphatic hydroxyl groups is 1. The normalized spacial score (nSPS) is 15.3. The van der Waals surface area contributed by atoms with Gasteiger partial charge in [-0.25, -0.2) is 0 Å². The first-order chi connectivity index (χ1) is 27.0. The molecule has 0 aliphatic carbocycles. The number of likely N-dealkylation sites (N-methyl/N-ethyl adjacent to an activating group) is 1. The zero-order chi connectivity index (χ0) is 41.4. The van der Waals surface area contributed by atoms with E-state index in [1.165, 1.54) is 44.9 Å². The largest absolute Gasteiger partial charge is 0.756 e. The first kappa shape index (κ1) is 53.4. The van der Waals surface area contributed by atoms with Crippen molar-refractivity contribution in [3.8, 4) is 0 Å². The number of phosphoric ester groups is 1. The van der Waals surface area contributed by atoms with Crippen molar-refractivity contribution in [2.45, 2.75) is 154 Å². The van der Waals surface area contributed by atoms with E-state index in [1.807, 2.05) is 27.2 Å². The Morgan fingerprint density at radius 3 is 1.66 bits per heavy atom. The van der Waals surface area contributed by atoms with Gasteiger partial charge in [-0.05, 0) is 83.5 Å². The molecule has 0 radical (unpaired) electrons. The Balaban J connectivity index is 4.58. The van der Waals surface area contributed by atoms with E-state index in [-0.39, 0.29) is 18.9 Å². The van der Waals surface area contributed by atoms with Gasteiger partial charge in [0.25, 0.3) is 7.82 Å². The lowest BCUT2D eigenvalue weighted by atomic mass is 10.1. The quantitative estimate of drug-likeness (QED) is 0.0280. The van der Waals surface area contributed by atoms with Gasteiger partial charge in [0.15, 0.2) is 0 Å². The summed E-state index contributed by atoms with van der Waals surface area (Å²) in [5.41, 5.74) is 0. The van der Waals surface area contributed by atoms with Crippen molar-refractivity contribution in [3.05, 3.63) is 97.2 Å². The van der Waals surface area contributed by atoms with Crippen LogP contribution in [-0.2, 0) is 18.4 Å². The van der Waals surface area contributed by atoms with Crippen LogP contribution in [0, 0.1) is 0 Å². The molecule has 0 aromatic carbocycles. The van der Waals surface area contributed by atoms with Gasteiger partial charge >= 0.3 is 0 Å². The fourth-order valence-electron chi connectivity index (χ4n) is 5.34. The van der Waals surface area contributed by atoms with Crippen LogP contribution in [0.5, 0.6) is 0 Å². The number of nitrogens with one attached hydrogen (secondary N) is 1. The van der Waals surface area contributed by atoms with Crippen LogP contribution in [0.2, 0.25) is 0 Å². The molecule has 320 valence electrons. The van der Waals surface area contributed by atoms with E-state index in [0.29, 0.717) is 17.4 Å². The lowest BCUT2D eigenvalue weighted by Gasteiger charge is -2.29. The highest BCUT2D eigenvalue weighted by Gasteiger charge is 2.23. The van der Waals surface area contributed by atoms with E-state index in [0.717, 1.165) is 70.6 Å². The second-order valence-corrected chi connectivity index (χ2v) is 16.7. The summed E-state index contributed by atoms with van der Waals surface area (Å²) in [6, 6.07) is -0.931. The fourth-order valence-corrected chi connectivity index (χ4v) is 6.07. The molecule has 0 spiro atoms. The average molecular weight is 801 g/mol. The summed E-state index contributed by atoms with van der Waals surface area (Å²) in [6.45, 7) is 4.43. The zero-order valence-corrected chi connectivity index (χ0v) is 36.9. The van der Waals surface area contributed by atoms with Crippen molar-refractivity contribution in [1.82, 2.24) is 5.32 Å². The topological polar surface area (TPSA) is 108 Å². The van der Waals surface area contributed by atoms with Crippen LogP contribution in [0.15, 0.2) is 97.2 Å². The highest BCUT2D eigenvalue weighted by molar-refractivity contribution is 7.45. The van der Waals surface area contributed by atoms with Crippen molar-refractivity contribution >= 4 is 13.7 Å². The third kappa shape index (κ3) is 39.6. The Kier molecular flexibility index (Phi) is 36.2. The van der Waals surface area contributed by atoms with Crippen molar-refractivity contribution in [2.24, 2.45) is 0 Å². The van der Waals surface area contributed by atoms with Gasteiger partial charge in [-0.3, -0.25) is 9.36 Å². The third-order valence-corrected chi connectivity index (χ3v) is 9.74. The lowest BCUT2D eigenvalue weighted by molar-refractivity contribution is -0.870. The maximum Gasteiger partial charge on any atom is 0.268 e. The van der Waals surface area contributed by atoms with Gasteiger partial charge in [-0.15, -0.1) is 0 Å². The molecule has 0 aromatic heterocycles. The van der Waals surface area contributed by atoms with E-state index in [4.69, 9.17) is 9.05 Å². The SMILES string of the molecule is CC/C=C\C/C=C\C/C=C\C/C=C\C/C=C\C/C=C\CCCCC(=O)NC(COP(=O)([O-])OCC[N+](C)(C)C)C(O)/C=C/CC/C=C/CCCCCCCCC. The zero-order valence-electron chi connectivity index (χ0n) is 36.0. The Morgan fingerprint density at radius 1 is 0.643 bits per heavy atom. The molecule has 56 heavy (non-hydrogen) atoms. The summed E-state index contributed by atoms with van der Waals surface area (Å²) in [5.74, 6) is -0.256. The van der Waals surface area contributed by atoms with Gasteiger partial charge in [0.1, 0.15) is 13.2 Å². The molecule has 0 saturated carbocycles. The second-order valence-electron chi connectivity index (χ2n) is 15.3. The van der Waals surface area contributed by atoms with Crippen LogP contribution in [-0.4, -0.2) is 68.5 Å². The van der Waals surface area contributed by atoms with Crippen LogP contribution in [0.1, 0.15) is 142 Å². The minimum atomic E-state index is -4.61. The standard InChI is InChI=1S/C47H81N2O6P/c1-6-8-10-12-14-16-18-20-21-22-23-24-25-26-27-29-31-33-35-37-39-41-47(51)48-45(44-55-56(52,53)54-43-42-49(3,4)5)46(50)40-38-36-34-32-30-28-19-17-15-13-11-9-7-2/h8,10,14,16,20-21,23-24,26-27,30-33,38,40,45-46,50H,6-7,9,11-13,15,17-19,22,25,28-29,34-37,39,41-44H2,1-5H3,(H-,48,51,52,53)/b10-8-,16-14-,21-20-,24-23-,27-26-,32-30+,33-31-,40-38+. The summed E-state index contributed by atoms with van der Waals surface area (Å²) < 4.78 is 23.1. The van der Waals surface area contributed by atoms with E-state index < -0.39 is 26.6 Å². The number of carbonyl (C=O) groups excluding carboxylic acids is 1. The number of carbonyl (C=O) groups is 1. The summed E-state index contributed by atoms with van der Waals surface area (Å²) in [7, 11) is 1.19. The van der Waals surface area contributed by atoms with Crippen molar-refractivity contribution in [2.75, 3.05) is 40.9 Å². The molecule has 2 N–H and O–H groups in total. The Labute approximate surface area is 343 Å². The van der Waals surface area contributed by atoms with Gasteiger partial charge in [0.2, 0.25) is 5.91 Å². The number of rotatable bonds is 37. The second kappa shape index (κ2) is 38.0. The van der Waals surface area contributed by atoms with Gasteiger partial charge in [0, 0.05) is 6.42 Å². The third-order valence-electron chi connectivity index (χ3n) is 8.78. The molecular weight excluding hydrogens is 719 g/mol. The Bertz CT molecular complexity index is 1230. The molecule has 0 saturated heterocycles. The molecular formula is C47H81N2O6P. The maximum atomic E-state index is 12.8. The Morgan fingerprint density at radius 2 is 1.11 bits per heavy atom. The van der Waals surface area contributed by atoms with E-state index >= 15 is 0 Å². The summed E-state index contributed by atoms with van der Waals surface area (Å²) in [5, 5.41) is 13.7. The van der Waals surface area contributed by atoms with Crippen LogP contribution < -0.4 is 10.2 Å². The van der Waals surface area contributed by atoms with Crippen LogP contribution in [0.3, 0.4) is 0 Å². The van der Waals surface area contributed by atoms with E-state index in [9.17, 15) is 19.4 Å². The number of phosphoric acid groups is 1. The first-order valence-electron chi connectivity index (χ1n) is 21.6. The summed E-state index contributed by atoms with van der Waals surface area (Å²) in [6.07, 6.45) is 53.2. The van der Waals surface area contributed by atoms with Crippen LogP contribution in [0.25, 0.3) is 0 Å². The molecule has 0 aliphatic rings. The number of unbranched alkanes of at least 4 members (excludes halogenated alkanes) is 10. The van der Waals surface area contributed by atoms with Gasteiger partial charge in [-0.2, -0.15) is 0 Å². The van der Waals surface area contributed by atoms with Gasteiger partial charge < -0.3 is 28.8 Å². The van der Waals surface area contributed by atoms with Crippen molar-refractivity contribution in [1.29, 1.82) is 0 Å². The minimum Gasteiger partial charge on any atom is -0.756 e. The molecule has 3 unspecified atom stereocenters. The van der Waals surface area contributed by atoms with Crippen LogP contribution in [0.4, 0.5) is 0 Å². The maximum absolute atomic E-state index is 12.8. The summed E-state index contributed by atoms with van der Waals surface area (Å²) in [4.78, 5) is 25.2. The summed E-state index contributed by atoms with van der Waals surface area (Å²) >= 11 is 0. The highest BCUT2D eigenvalue weighted by Crippen LogP contribution is 2.38. The number of allylic oxidation sites excluding steroid dienone is 15.